The lowest BCUT2D eigenvalue weighted by molar-refractivity contribution is -0.155. The van der Waals surface area contributed by atoms with Crippen molar-refractivity contribution < 1.29 is 22.7 Å². The van der Waals surface area contributed by atoms with Gasteiger partial charge in [-0.1, -0.05) is 0 Å². The fourth-order valence-electron chi connectivity index (χ4n) is 4.22. The van der Waals surface area contributed by atoms with Crippen molar-refractivity contribution in [1.29, 1.82) is 0 Å². The van der Waals surface area contributed by atoms with Crippen LogP contribution < -0.4 is 10.6 Å². The highest BCUT2D eigenvalue weighted by Crippen LogP contribution is 2.39. The molecule has 2 heterocycles. The van der Waals surface area contributed by atoms with E-state index >= 15 is 0 Å². The highest BCUT2D eigenvalue weighted by Gasteiger charge is 2.37. The van der Waals surface area contributed by atoms with Crippen molar-refractivity contribution in [1.82, 2.24) is 19.8 Å². The Morgan fingerprint density at radius 2 is 2.13 bits per heavy atom. The Bertz CT molecular complexity index is 1060. The third-order valence-electron chi connectivity index (χ3n) is 5.74. The number of ether oxygens (including phenoxy) is 1. The highest BCUT2D eigenvalue weighted by atomic mass is 32.2. The average molecular weight is 454 g/mol. The first-order valence-electron chi connectivity index (χ1n) is 10.3. The zero-order chi connectivity index (χ0) is 22.3. The number of aromatic nitrogens is 2. The molecule has 1 aliphatic carbocycles. The standard InChI is InChI=1S/C20H28FN5O4S/c1-11(2)22-20(27)30-13-5-4-12(8-13)17-9-18(25-24-17)23-16-7-6-15(21)19-14(16)10-26(3)31(19,28)29/h6-7,9,11-13,20,22,27H,4-5,8,10H2,1-3H3,(H2,23,24,25)/t12-,13+,20?/m0/s1. The van der Waals surface area contributed by atoms with E-state index in [1.54, 1.807) is 0 Å². The SMILES string of the molecule is CC(C)NC(O)O[C@@H]1CC[C@H](c2cc(Nc3ccc(F)c4c3CN(C)S4(=O)=O)n[nH]2)C1. The topological polar surface area (TPSA) is 120 Å². The maximum Gasteiger partial charge on any atom is 0.246 e. The number of nitrogens with one attached hydrogen (secondary N) is 3. The molecule has 1 saturated carbocycles. The molecule has 1 aromatic heterocycles. The maximum absolute atomic E-state index is 14.2. The minimum atomic E-state index is -3.81. The Balaban J connectivity index is 1.44. The Labute approximate surface area is 181 Å². The van der Waals surface area contributed by atoms with E-state index in [2.05, 4.69) is 20.8 Å². The molecule has 0 spiro atoms. The van der Waals surface area contributed by atoms with Gasteiger partial charge in [-0.3, -0.25) is 10.4 Å². The minimum absolute atomic E-state index is 0.0490. The molecule has 1 fully saturated rings. The Morgan fingerprint density at radius 1 is 1.35 bits per heavy atom. The fraction of sp³-hybridized carbons (Fsp3) is 0.550. The molecule has 1 aliphatic heterocycles. The van der Waals surface area contributed by atoms with Crippen molar-refractivity contribution in [3.63, 3.8) is 0 Å². The number of aliphatic hydroxyl groups excluding tert-OH is 1. The van der Waals surface area contributed by atoms with Crippen molar-refractivity contribution in [2.45, 2.75) is 69.0 Å². The first kappa shape index (κ1) is 22.2. The van der Waals surface area contributed by atoms with Crippen molar-refractivity contribution in [2.24, 2.45) is 0 Å². The Kier molecular flexibility index (Phi) is 6.05. The number of nitrogens with zero attached hydrogens (tertiary/aromatic N) is 2. The predicted molar refractivity (Wildman–Crippen MR) is 113 cm³/mol. The lowest BCUT2D eigenvalue weighted by Gasteiger charge is -2.20. The summed E-state index contributed by atoms with van der Waals surface area (Å²) >= 11 is 0. The van der Waals surface area contributed by atoms with Crippen LogP contribution in [0.3, 0.4) is 0 Å². The van der Waals surface area contributed by atoms with Crippen LogP contribution in [-0.4, -0.2) is 53.6 Å². The summed E-state index contributed by atoms with van der Waals surface area (Å²) in [6, 6.07) is 4.68. The third-order valence-corrected chi connectivity index (χ3v) is 7.65. The van der Waals surface area contributed by atoms with E-state index in [0.717, 1.165) is 35.3 Å². The quantitative estimate of drug-likeness (QED) is 0.475. The molecule has 1 aromatic carbocycles. The van der Waals surface area contributed by atoms with Crippen LogP contribution in [0.1, 0.15) is 50.3 Å². The molecule has 1 unspecified atom stereocenters. The summed E-state index contributed by atoms with van der Waals surface area (Å²) in [5.41, 5.74) is 1.84. The van der Waals surface area contributed by atoms with Gasteiger partial charge in [0.15, 0.2) is 5.82 Å². The molecule has 0 radical (unpaired) electrons. The van der Waals surface area contributed by atoms with Gasteiger partial charge in [0.25, 0.3) is 0 Å². The van der Waals surface area contributed by atoms with Crippen molar-refractivity contribution >= 4 is 21.5 Å². The van der Waals surface area contributed by atoms with Crippen molar-refractivity contribution in [3.05, 3.63) is 35.3 Å². The van der Waals surface area contributed by atoms with Crippen LogP contribution in [0.25, 0.3) is 0 Å². The highest BCUT2D eigenvalue weighted by molar-refractivity contribution is 7.89. The number of benzene rings is 1. The number of sulfonamides is 1. The monoisotopic (exact) mass is 453 g/mol. The second kappa shape index (κ2) is 8.47. The summed E-state index contributed by atoms with van der Waals surface area (Å²) in [6.45, 7) is 3.98. The molecule has 2 aromatic rings. The third kappa shape index (κ3) is 4.46. The van der Waals surface area contributed by atoms with Gasteiger partial charge in [0, 0.05) is 48.6 Å². The molecule has 2 aliphatic rings. The van der Waals surface area contributed by atoms with E-state index in [4.69, 9.17) is 4.74 Å². The van der Waals surface area contributed by atoms with E-state index in [-0.39, 0.29) is 29.5 Å². The van der Waals surface area contributed by atoms with Crippen LogP contribution in [0.15, 0.2) is 23.1 Å². The minimum Gasteiger partial charge on any atom is -0.356 e. The number of halogens is 1. The maximum atomic E-state index is 14.2. The van der Waals surface area contributed by atoms with Gasteiger partial charge in [0.2, 0.25) is 16.4 Å². The zero-order valence-corrected chi connectivity index (χ0v) is 18.5. The molecule has 31 heavy (non-hydrogen) atoms. The number of hydrogen-bond donors (Lipinski definition) is 4. The molecule has 4 rings (SSSR count). The van der Waals surface area contributed by atoms with Crippen LogP contribution in [-0.2, 0) is 21.3 Å². The van der Waals surface area contributed by atoms with Gasteiger partial charge in [-0.15, -0.1) is 0 Å². The molecule has 0 amide bonds. The average Bonchev–Trinajstić information content (AvgIpc) is 3.37. The zero-order valence-electron chi connectivity index (χ0n) is 17.7. The van der Waals surface area contributed by atoms with Crippen LogP contribution in [0.4, 0.5) is 15.9 Å². The molecule has 170 valence electrons. The van der Waals surface area contributed by atoms with Gasteiger partial charge in [0.1, 0.15) is 10.7 Å². The lowest BCUT2D eigenvalue weighted by atomic mass is 10.0. The van der Waals surface area contributed by atoms with Gasteiger partial charge in [-0.2, -0.15) is 9.40 Å². The van der Waals surface area contributed by atoms with E-state index < -0.39 is 22.3 Å². The van der Waals surface area contributed by atoms with Gasteiger partial charge >= 0.3 is 0 Å². The summed E-state index contributed by atoms with van der Waals surface area (Å²) in [5.74, 6) is -0.00913. The molecule has 9 nitrogen and oxygen atoms in total. The predicted octanol–water partition coefficient (Wildman–Crippen LogP) is 2.35. The molecule has 4 N–H and O–H groups in total. The van der Waals surface area contributed by atoms with E-state index in [1.807, 2.05) is 19.9 Å². The first-order valence-corrected chi connectivity index (χ1v) is 11.8. The van der Waals surface area contributed by atoms with Crippen LogP contribution >= 0.6 is 0 Å². The van der Waals surface area contributed by atoms with Crippen molar-refractivity contribution in [3.8, 4) is 0 Å². The molecule has 11 heteroatoms. The summed E-state index contributed by atoms with van der Waals surface area (Å²) in [6.07, 6.45) is 1.45. The van der Waals surface area contributed by atoms with Crippen molar-refractivity contribution in [2.75, 3.05) is 12.4 Å². The van der Waals surface area contributed by atoms with Gasteiger partial charge < -0.3 is 15.2 Å². The van der Waals surface area contributed by atoms with Crippen LogP contribution in [0.5, 0.6) is 0 Å². The Morgan fingerprint density at radius 3 is 2.87 bits per heavy atom. The number of fused-ring (bicyclic) bond motifs is 1. The molecule has 0 bridgehead atoms. The van der Waals surface area contributed by atoms with Gasteiger partial charge in [-0.25, -0.2) is 12.8 Å². The summed E-state index contributed by atoms with van der Waals surface area (Å²) < 4.78 is 45.7. The van der Waals surface area contributed by atoms with Gasteiger partial charge in [-0.05, 0) is 45.2 Å². The second-order valence-electron chi connectivity index (χ2n) is 8.44. The summed E-state index contributed by atoms with van der Waals surface area (Å²) in [5, 5.41) is 23.3. The number of aromatic amines is 1. The summed E-state index contributed by atoms with van der Waals surface area (Å²) in [7, 11) is -2.38. The smallest absolute Gasteiger partial charge is 0.246 e. The second-order valence-corrected chi connectivity index (χ2v) is 10.4. The number of anilines is 2. The number of hydrogen-bond acceptors (Lipinski definition) is 7. The summed E-state index contributed by atoms with van der Waals surface area (Å²) in [4.78, 5) is -0.278. The molecule has 3 atom stereocenters. The molecular formula is C20H28FN5O4S. The lowest BCUT2D eigenvalue weighted by Crippen LogP contribution is -2.38. The van der Waals surface area contributed by atoms with Gasteiger partial charge in [0.05, 0.1) is 6.10 Å². The largest absolute Gasteiger partial charge is 0.356 e. The number of H-pyrrole nitrogens is 1. The number of rotatable bonds is 7. The molecular weight excluding hydrogens is 425 g/mol. The van der Waals surface area contributed by atoms with E-state index in [9.17, 15) is 17.9 Å². The van der Waals surface area contributed by atoms with Crippen LogP contribution in [0.2, 0.25) is 0 Å². The normalized spacial score (nSPS) is 23.9. The van der Waals surface area contributed by atoms with E-state index in [0.29, 0.717) is 17.1 Å². The molecule has 0 saturated heterocycles. The number of aliphatic hydroxyl groups is 1. The Hall–Kier alpha value is -2.05. The van der Waals surface area contributed by atoms with Crippen LogP contribution in [0, 0.1) is 5.82 Å². The fourth-order valence-corrected chi connectivity index (χ4v) is 5.63. The first-order chi connectivity index (χ1) is 14.6. The van der Waals surface area contributed by atoms with E-state index in [1.165, 1.54) is 13.1 Å².